The molecule has 0 amide bonds. The molecule has 0 aliphatic rings. The normalized spacial score (nSPS) is 11.3. The van der Waals surface area contributed by atoms with Crippen LogP contribution in [0.4, 0.5) is 5.69 Å². The van der Waals surface area contributed by atoms with Gasteiger partial charge in [-0.05, 0) is 18.2 Å². The predicted molar refractivity (Wildman–Crippen MR) is 119 cm³/mol. The lowest BCUT2D eigenvalue weighted by Crippen LogP contribution is -2.15. The zero-order chi connectivity index (χ0) is 23.4. The number of ether oxygens (including phenoxy) is 2. The number of methoxy groups -OCH3 is 2. The third-order valence-electron chi connectivity index (χ3n) is 4.68. The summed E-state index contributed by atoms with van der Waals surface area (Å²) in [6.45, 7) is 0. The highest BCUT2D eigenvalue weighted by Crippen LogP contribution is 2.22. The van der Waals surface area contributed by atoms with Crippen LogP contribution in [-0.4, -0.2) is 41.2 Å². The molecule has 10 heteroatoms. The summed E-state index contributed by atoms with van der Waals surface area (Å²) in [5.41, 5.74) is 1.57. The molecule has 0 aliphatic heterocycles. The van der Waals surface area contributed by atoms with Crippen LogP contribution < -0.4 is 10.9 Å². The molecule has 0 saturated carbocycles. The Bertz CT molecular complexity index is 1420. The first-order chi connectivity index (χ1) is 16.0. The van der Waals surface area contributed by atoms with Crippen molar-refractivity contribution in [1.82, 2.24) is 15.0 Å². The molecule has 0 saturated heterocycles. The molecule has 166 valence electrons. The van der Waals surface area contributed by atoms with Gasteiger partial charge in [0, 0.05) is 22.7 Å². The van der Waals surface area contributed by atoms with E-state index in [2.05, 4.69) is 25.1 Å². The zero-order valence-electron chi connectivity index (χ0n) is 17.6. The van der Waals surface area contributed by atoms with E-state index in [9.17, 15) is 14.4 Å². The van der Waals surface area contributed by atoms with Gasteiger partial charge in [-0.25, -0.2) is 19.1 Å². The number of anilines is 1. The molecular weight excluding hydrogens is 428 g/mol. The highest BCUT2D eigenvalue weighted by molar-refractivity contribution is 5.99. The van der Waals surface area contributed by atoms with Crippen LogP contribution >= 0.6 is 0 Å². The Balaban J connectivity index is 1.66. The lowest BCUT2D eigenvalue weighted by molar-refractivity contribution is -0.138. The second kappa shape index (κ2) is 9.18. The number of carbonyl (C=O) groups is 2. The van der Waals surface area contributed by atoms with Crippen LogP contribution in [0.5, 0.6) is 0 Å². The van der Waals surface area contributed by atoms with Gasteiger partial charge in [0.1, 0.15) is 17.0 Å². The van der Waals surface area contributed by atoms with E-state index in [-0.39, 0.29) is 17.0 Å². The van der Waals surface area contributed by atoms with Gasteiger partial charge in [-0.3, -0.25) is 0 Å². The molecule has 1 N–H and O–H groups in total. The van der Waals surface area contributed by atoms with Gasteiger partial charge in [0.15, 0.2) is 5.69 Å². The fourth-order valence-corrected chi connectivity index (χ4v) is 3.05. The van der Waals surface area contributed by atoms with Gasteiger partial charge in [0.2, 0.25) is 0 Å². The molecule has 0 radical (unpaired) electrons. The molecule has 10 nitrogen and oxygen atoms in total. The van der Waals surface area contributed by atoms with Crippen molar-refractivity contribution in [1.29, 1.82) is 0 Å². The Kier molecular flexibility index (Phi) is 5.98. The van der Waals surface area contributed by atoms with E-state index < -0.39 is 17.6 Å². The van der Waals surface area contributed by atoms with Crippen LogP contribution in [0.15, 0.2) is 81.8 Å². The van der Waals surface area contributed by atoms with E-state index in [0.29, 0.717) is 16.8 Å². The lowest BCUT2D eigenvalue weighted by Gasteiger charge is -2.10. The average molecular weight is 446 g/mol. The van der Waals surface area contributed by atoms with Gasteiger partial charge in [-0.2, -0.15) is 0 Å². The third-order valence-corrected chi connectivity index (χ3v) is 4.68. The molecule has 4 rings (SSSR count). The fraction of sp³-hybridized carbons (Fsp3) is 0.0870. The molecule has 0 spiro atoms. The summed E-state index contributed by atoms with van der Waals surface area (Å²) in [5, 5.41) is 11.5. The zero-order valence-corrected chi connectivity index (χ0v) is 17.6. The minimum Gasteiger partial charge on any atom is -0.466 e. The summed E-state index contributed by atoms with van der Waals surface area (Å²) in [6.07, 6.45) is 2.61. The first-order valence-electron chi connectivity index (χ1n) is 9.69. The summed E-state index contributed by atoms with van der Waals surface area (Å²) >= 11 is 0. The molecule has 0 unspecified atom stereocenters. The summed E-state index contributed by atoms with van der Waals surface area (Å²) in [7, 11) is 2.37. The number of rotatable bonds is 6. The SMILES string of the molecule is COC(=O)/C=C(/Nc1ccc2cc(-n3cc(-c4ccccc4)nn3)c(=O)oc2c1)C(=O)OC. The molecule has 2 aromatic heterocycles. The van der Waals surface area contributed by atoms with Gasteiger partial charge >= 0.3 is 17.6 Å². The topological polar surface area (TPSA) is 126 Å². The van der Waals surface area contributed by atoms with Crippen molar-refractivity contribution < 1.29 is 23.5 Å². The summed E-state index contributed by atoms with van der Waals surface area (Å²) in [5.74, 6) is -1.50. The number of nitrogens with one attached hydrogen (secondary N) is 1. The van der Waals surface area contributed by atoms with Crippen molar-refractivity contribution in [2.24, 2.45) is 0 Å². The maximum atomic E-state index is 12.6. The maximum absolute atomic E-state index is 12.6. The molecule has 0 bridgehead atoms. The minimum absolute atomic E-state index is 0.140. The van der Waals surface area contributed by atoms with E-state index in [1.54, 1.807) is 24.4 Å². The van der Waals surface area contributed by atoms with Crippen LogP contribution in [0.3, 0.4) is 0 Å². The number of carbonyl (C=O) groups excluding carboxylic acids is 2. The van der Waals surface area contributed by atoms with E-state index >= 15 is 0 Å². The number of nitrogens with zero attached hydrogens (tertiary/aromatic N) is 3. The highest BCUT2D eigenvalue weighted by Gasteiger charge is 2.15. The number of aromatic nitrogens is 3. The number of benzene rings is 2. The summed E-state index contributed by atoms with van der Waals surface area (Å²) < 4.78 is 16.0. The molecule has 4 aromatic rings. The standard InChI is InChI=1S/C23H18N4O6/c1-31-21(28)12-17(22(29)32-2)24-16-9-8-15-10-19(23(30)33-20(15)11-16)27-13-18(25-26-27)14-6-4-3-5-7-14/h3-13,24H,1-2H3/b17-12+. The van der Waals surface area contributed by atoms with Crippen LogP contribution in [0.2, 0.25) is 0 Å². The molecule has 0 atom stereocenters. The van der Waals surface area contributed by atoms with Crippen molar-refractivity contribution in [3.63, 3.8) is 0 Å². The Morgan fingerprint density at radius 3 is 2.58 bits per heavy atom. The maximum Gasteiger partial charge on any atom is 0.362 e. The van der Waals surface area contributed by atoms with E-state index in [1.807, 2.05) is 30.3 Å². The van der Waals surface area contributed by atoms with Crippen LogP contribution in [0, 0.1) is 0 Å². The number of hydrogen-bond donors (Lipinski definition) is 1. The molecule has 2 heterocycles. The second-order valence-corrected chi connectivity index (χ2v) is 6.78. The largest absolute Gasteiger partial charge is 0.466 e. The second-order valence-electron chi connectivity index (χ2n) is 6.78. The predicted octanol–water partition coefficient (Wildman–Crippen LogP) is 2.68. The minimum atomic E-state index is -0.766. The molecule has 0 aliphatic carbocycles. The molecule has 33 heavy (non-hydrogen) atoms. The number of hydrogen-bond acceptors (Lipinski definition) is 9. The lowest BCUT2D eigenvalue weighted by atomic mass is 10.2. The van der Waals surface area contributed by atoms with Crippen molar-refractivity contribution in [3.8, 4) is 16.9 Å². The fourth-order valence-electron chi connectivity index (χ4n) is 3.05. The van der Waals surface area contributed by atoms with E-state index in [4.69, 9.17) is 4.42 Å². The van der Waals surface area contributed by atoms with E-state index in [0.717, 1.165) is 11.6 Å². The summed E-state index contributed by atoms with van der Waals surface area (Å²) in [6, 6.07) is 15.9. The highest BCUT2D eigenvalue weighted by atomic mass is 16.5. The van der Waals surface area contributed by atoms with Crippen molar-refractivity contribution in [3.05, 3.63) is 83.0 Å². The molecule has 2 aromatic carbocycles. The van der Waals surface area contributed by atoms with Crippen LogP contribution in [0.1, 0.15) is 0 Å². The van der Waals surface area contributed by atoms with Gasteiger partial charge in [-0.15, -0.1) is 5.10 Å². The van der Waals surface area contributed by atoms with Gasteiger partial charge in [-0.1, -0.05) is 35.5 Å². The first-order valence-corrected chi connectivity index (χ1v) is 9.69. The van der Waals surface area contributed by atoms with E-state index in [1.165, 1.54) is 25.0 Å². The van der Waals surface area contributed by atoms with Crippen LogP contribution in [-0.2, 0) is 19.1 Å². The van der Waals surface area contributed by atoms with Crippen molar-refractivity contribution in [2.45, 2.75) is 0 Å². The third kappa shape index (κ3) is 4.64. The van der Waals surface area contributed by atoms with Crippen molar-refractivity contribution >= 4 is 28.6 Å². The Hall–Kier alpha value is -4.73. The quantitative estimate of drug-likeness (QED) is 0.270. The molecule has 0 fully saturated rings. The average Bonchev–Trinajstić information content (AvgIpc) is 3.33. The molecular formula is C23H18N4O6. The Morgan fingerprint density at radius 1 is 1.06 bits per heavy atom. The number of esters is 2. The Labute approximate surface area is 187 Å². The van der Waals surface area contributed by atoms with Gasteiger partial charge < -0.3 is 19.2 Å². The smallest absolute Gasteiger partial charge is 0.362 e. The van der Waals surface area contributed by atoms with Crippen molar-refractivity contribution in [2.75, 3.05) is 19.5 Å². The summed E-state index contributed by atoms with van der Waals surface area (Å²) in [4.78, 5) is 36.1. The van der Waals surface area contributed by atoms with Crippen LogP contribution in [0.25, 0.3) is 27.9 Å². The first kappa shape index (κ1) is 21.5. The monoisotopic (exact) mass is 446 g/mol. The van der Waals surface area contributed by atoms with Gasteiger partial charge in [0.25, 0.3) is 0 Å². The number of fused-ring (bicyclic) bond motifs is 1. The Morgan fingerprint density at radius 2 is 1.85 bits per heavy atom. The van der Waals surface area contributed by atoms with Gasteiger partial charge in [0.05, 0.1) is 26.5 Å².